The van der Waals surface area contributed by atoms with Crippen molar-refractivity contribution in [2.24, 2.45) is 4.99 Å². The highest BCUT2D eigenvalue weighted by Crippen LogP contribution is 2.31. The average molecular weight is 466 g/mol. The molecule has 8 heteroatoms. The van der Waals surface area contributed by atoms with Gasteiger partial charge in [0.2, 0.25) is 5.90 Å². The van der Waals surface area contributed by atoms with Gasteiger partial charge in [0.05, 0.1) is 12.2 Å². The molecule has 6 nitrogen and oxygen atoms in total. The van der Waals surface area contributed by atoms with Gasteiger partial charge in [-0.3, -0.25) is 0 Å². The molecule has 1 aliphatic rings. The number of aliphatic imine (C=N–C) groups is 1. The number of halogens is 2. The fraction of sp³-hybridized carbons (Fsp3) is 0.0800. The van der Waals surface area contributed by atoms with Crippen molar-refractivity contribution in [3.63, 3.8) is 0 Å². The van der Waals surface area contributed by atoms with E-state index in [1.807, 2.05) is 0 Å². The molecule has 4 rings (SSSR count). The summed E-state index contributed by atoms with van der Waals surface area (Å²) in [6.45, 7) is 2.13. The molecule has 0 aromatic heterocycles. The van der Waals surface area contributed by atoms with Crippen molar-refractivity contribution in [2.75, 3.05) is 6.61 Å². The maximum absolute atomic E-state index is 13.1. The Labute approximate surface area is 193 Å². The molecule has 0 saturated carbocycles. The van der Waals surface area contributed by atoms with Crippen molar-refractivity contribution >= 4 is 35.5 Å². The minimum atomic E-state index is -0.634. The fourth-order valence-corrected chi connectivity index (χ4v) is 3.12. The van der Waals surface area contributed by atoms with Gasteiger partial charge in [0.15, 0.2) is 17.2 Å². The third-order valence-corrected chi connectivity index (χ3v) is 4.82. The summed E-state index contributed by atoms with van der Waals surface area (Å²) < 4.78 is 29.4. The van der Waals surface area contributed by atoms with Gasteiger partial charge in [-0.05, 0) is 79.2 Å². The SMILES string of the molecule is CCOc1cc(/C=C2\N=C(c3ccc(F)cc3)OC2=O)ccc1OC(=O)c1ccc(Cl)cc1. The van der Waals surface area contributed by atoms with Crippen molar-refractivity contribution in [2.45, 2.75) is 6.92 Å². The molecule has 0 fully saturated rings. The number of benzene rings is 3. The van der Waals surface area contributed by atoms with Crippen LogP contribution in [0, 0.1) is 5.82 Å². The molecular weight excluding hydrogens is 449 g/mol. The van der Waals surface area contributed by atoms with Gasteiger partial charge in [-0.1, -0.05) is 17.7 Å². The van der Waals surface area contributed by atoms with E-state index in [2.05, 4.69) is 4.99 Å². The van der Waals surface area contributed by atoms with Crippen molar-refractivity contribution in [1.29, 1.82) is 0 Å². The molecule has 0 aliphatic carbocycles. The standard InChI is InChI=1S/C25H17ClFNO5/c1-2-31-22-14-15(3-12-21(22)32-24(29)17-4-8-18(26)9-5-17)13-20-25(30)33-23(28-20)16-6-10-19(27)11-7-16/h3-14H,2H2,1H3/b20-13-. The summed E-state index contributed by atoms with van der Waals surface area (Å²) in [4.78, 5) is 28.9. The predicted molar refractivity (Wildman–Crippen MR) is 121 cm³/mol. The Morgan fingerprint density at radius 3 is 2.48 bits per heavy atom. The highest BCUT2D eigenvalue weighted by atomic mass is 35.5. The lowest BCUT2D eigenvalue weighted by Gasteiger charge is -2.11. The van der Waals surface area contributed by atoms with Gasteiger partial charge in [-0.25, -0.2) is 19.0 Å². The molecule has 0 unspecified atom stereocenters. The first-order valence-corrected chi connectivity index (χ1v) is 10.3. The highest BCUT2D eigenvalue weighted by Gasteiger charge is 2.24. The van der Waals surface area contributed by atoms with Gasteiger partial charge in [-0.2, -0.15) is 0 Å². The van der Waals surface area contributed by atoms with Crippen LogP contribution in [0.2, 0.25) is 5.02 Å². The van der Waals surface area contributed by atoms with E-state index in [0.717, 1.165) is 0 Å². The maximum Gasteiger partial charge on any atom is 0.363 e. The van der Waals surface area contributed by atoms with Crippen LogP contribution in [-0.2, 0) is 9.53 Å². The summed E-state index contributed by atoms with van der Waals surface area (Å²) in [6, 6.07) is 16.6. The molecule has 0 radical (unpaired) electrons. The number of carbonyl (C=O) groups is 2. The average Bonchev–Trinajstić information content (AvgIpc) is 3.16. The zero-order valence-corrected chi connectivity index (χ0v) is 18.1. The third-order valence-electron chi connectivity index (χ3n) is 4.57. The van der Waals surface area contributed by atoms with E-state index in [1.165, 1.54) is 30.3 Å². The van der Waals surface area contributed by atoms with Crippen LogP contribution in [0.1, 0.15) is 28.4 Å². The summed E-state index contributed by atoms with van der Waals surface area (Å²) in [7, 11) is 0. The monoisotopic (exact) mass is 465 g/mol. The Kier molecular flexibility index (Phi) is 6.51. The van der Waals surface area contributed by atoms with E-state index in [9.17, 15) is 14.0 Å². The molecular formula is C25H17ClFNO5. The minimum absolute atomic E-state index is 0.0719. The van der Waals surface area contributed by atoms with Crippen LogP contribution in [-0.4, -0.2) is 24.4 Å². The largest absolute Gasteiger partial charge is 0.490 e. The Morgan fingerprint density at radius 1 is 1.06 bits per heavy atom. The van der Waals surface area contributed by atoms with Gasteiger partial charge in [-0.15, -0.1) is 0 Å². The van der Waals surface area contributed by atoms with Gasteiger partial charge < -0.3 is 14.2 Å². The number of hydrogen-bond acceptors (Lipinski definition) is 6. The van der Waals surface area contributed by atoms with Crippen LogP contribution in [0.15, 0.2) is 77.4 Å². The van der Waals surface area contributed by atoms with Crippen LogP contribution in [0.5, 0.6) is 11.5 Å². The Morgan fingerprint density at radius 2 is 1.79 bits per heavy atom. The molecule has 0 saturated heterocycles. The quantitative estimate of drug-likeness (QED) is 0.275. The van der Waals surface area contributed by atoms with Gasteiger partial charge in [0.25, 0.3) is 0 Å². The number of esters is 2. The molecule has 0 bridgehead atoms. The van der Waals surface area contributed by atoms with Crippen LogP contribution >= 0.6 is 11.6 Å². The molecule has 0 N–H and O–H groups in total. The number of rotatable bonds is 6. The number of cyclic esters (lactones) is 1. The van der Waals surface area contributed by atoms with E-state index < -0.39 is 17.8 Å². The second-order valence-corrected chi connectivity index (χ2v) is 7.31. The van der Waals surface area contributed by atoms with E-state index in [4.69, 9.17) is 25.8 Å². The first-order chi connectivity index (χ1) is 15.9. The lowest BCUT2D eigenvalue weighted by atomic mass is 10.1. The molecule has 0 atom stereocenters. The molecule has 3 aromatic carbocycles. The molecule has 33 heavy (non-hydrogen) atoms. The zero-order valence-electron chi connectivity index (χ0n) is 17.4. The number of nitrogens with zero attached hydrogens (tertiary/aromatic N) is 1. The van der Waals surface area contributed by atoms with Crippen molar-refractivity contribution in [3.8, 4) is 11.5 Å². The number of ether oxygens (including phenoxy) is 3. The Hall–Kier alpha value is -3.97. The Bertz CT molecular complexity index is 1270. The second-order valence-electron chi connectivity index (χ2n) is 6.88. The zero-order chi connectivity index (χ0) is 23.4. The number of carbonyl (C=O) groups excluding carboxylic acids is 2. The number of hydrogen-bond donors (Lipinski definition) is 0. The van der Waals surface area contributed by atoms with E-state index in [1.54, 1.807) is 49.4 Å². The van der Waals surface area contributed by atoms with E-state index in [0.29, 0.717) is 34.1 Å². The van der Waals surface area contributed by atoms with Crippen molar-refractivity contribution < 1.29 is 28.2 Å². The van der Waals surface area contributed by atoms with E-state index >= 15 is 0 Å². The van der Waals surface area contributed by atoms with Gasteiger partial charge in [0, 0.05) is 10.6 Å². The van der Waals surface area contributed by atoms with Crippen molar-refractivity contribution in [3.05, 3.63) is 100.0 Å². The highest BCUT2D eigenvalue weighted by molar-refractivity contribution is 6.30. The maximum atomic E-state index is 13.1. The molecule has 0 amide bonds. The van der Waals surface area contributed by atoms with Crippen molar-refractivity contribution in [1.82, 2.24) is 0 Å². The summed E-state index contributed by atoms with van der Waals surface area (Å²) >= 11 is 5.86. The first kappa shape index (κ1) is 22.2. The first-order valence-electron chi connectivity index (χ1n) is 9.96. The van der Waals surface area contributed by atoms with Gasteiger partial charge in [0.1, 0.15) is 5.82 Å². The lowest BCUT2D eigenvalue weighted by molar-refractivity contribution is -0.129. The normalized spacial score (nSPS) is 14.1. The lowest BCUT2D eigenvalue weighted by Crippen LogP contribution is -2.09. The molecule has 1 heterocycles. The van der Waals surface area contributed by atoms with Crippen LogP contribution in [0.25, 0.3) is 6.08 Å². The van der Waals surface area contributed by atoms with Crippen LogP contribution in [0.4, 0.5) is 4.39 Å². The van der Waals surface area contributed by atoms with Crippen LogP contribution < -0.4 is 9.47 Å². The molecule has 1 aliphatic heterocycles. The molecule has 3 aromatic rings. The summed E-state index contributed by atoms with van der Waals surface area (Å²) in [5.74, 6) is -0.964. The van der Waals surface area contributed by atoms with E-state index in [-0.39, 0.29) is 17.3 Å². The fourth-order valence-electron chi connectivity index (χ4n) is 2.99. The van der Waals surface area contributed by atoms with Crippen LogP contribution in [0.3, 0.4) is 0 Å². The summed E-state index contributed by atoms with van der Waals surface area (Å²) in [5, 5.41) is 0.509. The summed E-state index contributed by atoms with van der Waals surface area (Å²) in [5.41, 5.74) is 1.47. The summed E-state index contributed by atoms with van der Waals surface area (Å²) in [6.07, 6.45) is 1.52. The molecule has 0 spiro atoms. The second kappa shape index (κ2) is 9.67. The smallest absolute Gasteiger partial charge is 0.363 e. The minimum Gasteiger partial charge on any atom is -0.490 e. The topological polar surface area (TPSA) is 74.2 Å². The molecule has 166 valence electrons. The third kappa shape index (κ3) is 5.27. The van der Waals surface area contributed by atoms with Gasteiger partial charge >= 0.3 is 11.9 Å². The Balaban J connectivity index is 1.58. The predicted octanol–water partition coefficient (Wildman–Crippen LogP) is 5.44.